The Labute approximate surface area is 117 Å². The Morgan fingerprint density at radius 3 is 2.85 bits per heavy atom. The molecule has 5 heteroatoms. The molecule has 0 saturated heterocycles. The van der Waals surface area contributed by atoms with Gasteiger partial charge in [-0.25, -0.2) is 8.78 Å². The highest BCUT2D eigenvalue weighted by Crippen LogP contribution is 2.24. The van der Waals surface area contributed by atoms with Crippen LogP contribution in [0.1, 0.15) is 32.6 Å². The van der Waals surface area contributed by atoms with Crippen molar-refractivity contribution in [3.63, 3.8) is 0 Å². The SMILES string of the molecule is CC(C#N)(CCCOc1cc(F)ccc1F)NC1CC1. The summed E-state index contributed by atoms with van der Waals surface area (Å²) < 4.78 is 31.5. The molecule has 0 amide bonds. The van der Waals surface area contributed by atoms with Crippen molar-refractivity contribution in [1.29, 1.82) is 5.26 Å². The first-order valence-electron chi connectivity index (χ1n) is 6.79. The molecule has 1 N–H and O–H groups in total. The van der Waals surface area contributed by atoms with E-state index in [0.717, 1.165) is 31.0 Å². The Balaban J connectivity index is 1.77. The highest BCUT2D eigenvalue weighted by molar-refractivity contribution is 5.24. The Bertz CT molecular complexity index is 511. The van der Waals surface area contributed by atoms with Crippen LogP contribution in [0.2, 0.25) is 0 Å². The largest absolute Gasteiger partial charge is 0.490 e. The highest BCUT2D eigenvalue weighted by atomic mass is 19.1. The van der Waals surface area contributed by atoms with Crippen LogP contribution in [0.25, 0.3) is 0 Å². The maximum atomic E-state index is 13.3. The summed E-state index contributed by atoms with van der Waals surface area (Å²) in [6, 6.07) is 5.83. The molecular weight excluding hydrogens is 262 g/mol. The second-order valence-corrected chi connectivity index (χ2v) is 5.39. The van der Waals surface area contributed by atoms with E-state index in [1.165, 1.54) is 0 Å². The number of nitrogens with zero attached hydrogens (tertiary/aromatic N) is 1. The Morgan fingerprint density at radius 1 is 1.45 bits per heavy atom. The van der Waals surface area contributed by atoms with Crippen molar-refractivity contribution in [3.05, 3.63) is 29.8 Å². The predicted molar refractivity (Wildman–Crippen MR) is 71.3 cm³/mol. The fraction of sp³-hybridized carbons (Fsp3) is 0.533. The number of ether oxygens (including phenoxy) is 1. The van der Waals surface area contributed by atoms with Gasteiger partial charge >= 0.3 is 0 Å². The van der Waals surface area contributed by atoms with E-state index in [2.05, 4.69) is 11.4 Å². The minimum atomic E-state index is -0.578. The summed E-state index contributed by atoms with van der Waals surface area (Å²) in [4.78, 5) is 0. The van der Waals surface area contributed by atoms with Gasteiger partial charge in [-0.1, -0.05) is 0 Å². The zero-order chi connectivity index (χ0) is 14.6. The fourth-order valence-corrected chi connectivity index (χ4v) is 2.03. The lowest BCUT2D eigenvalue weighted by Gasteiger charge is -2.23. The van der Waals surface area contributed by atoms with Crippen LogP contribution in [0, 0.1) is 23.0 Å². The third kappa shape index (κ3) is 4.17. The fourth-order valence-electron chi connectivity index (χ4n) is 2.03. The molecule has 0 aliphatic heterocycles. The van der Waals surface area contributed by atoms with Gasteiger partial charge in [0, 0.05) is 12.1 Å². The van der Waals surface area contributed by atoms with Gasteiger partial charge in [-0.15, -0.1) is 0 Å². The summed E-state index contributed by atoms with van der Waals surface area (Å²) in [5.41, 5.74) is -0.578. The molecule has 1 saturated carbocycles. The molecule has 1 aliphatic carbocycles. The molecule has 1 atom stereocenters. The van der Waals surface area contributed by atoms with Crippen molar-refractivity contribution in [2.24, 2.45) is 0 Å². The number of hydrogen-bond donors (Lipinski definition) is 1. The van der Waals surface area contributed by atoms with Crippen molar-refractivity contribution in [2.75, 3.05) is 6.61 Å². The number of nitriles is 1. The van der Waals surface area contributed by atoms with E-state index in [1.54, 1.807) is 0 Å². The van der Waals surface area contributed by atoms with Gasteiger partial charge in [0.25, 0.3) is 0 Å². The third-order valence-corrected chi connectivity index (χ3v) is 3.32. The Hall–Kier alpha value is -1.67. The third-order valence-electron chi connectivity index (χ3n) is 3.32. The Morgan fingerprint density at radius 2 is 2.20 bits per heavy atom. The van der Waals surface area contributed by atoms with E-state index in [4.69, 9.17) is 4.74 Å². The number of benzene rings is 1. The summed E-state index contributed by atoms with van der Waals surface area (Å²) >= 11 is 0. The molecule has 1 aromatic rings. The van der Waals surface area contributed by atoms with E-state index in [1.807, 2.05) is 6.92 Å². The van der Waals surface area contributed by atoms with Crippen LogP contribution >= 0.6 is 0 Å². The quantitative estimate of drug-likeness (QED) is 0.780. The molecule has 1 aromatic carbocycles. The average Bonchev–Trinajstić information content (AvgIpc) is 3.22. The molecule has 0 spiro atoms. The lowest BCUT2D eigenvalue weighted by molar-refractivity contribution is 0.272. The monoisotopic (exact) mass is 280 g/mol. The minimum Gasteiger partial charge on any atom is -0.490 e. The second-order valence-electron chi connectivity index (χ2n) is 5.39. The van der Waals surface area contributed by atoms with Gasteiger partial charge in [-0.05, 0) is 44.7 Å². The topological polar surface area (TPSA) is 45.0 Å². The van der Waals surface area contributed by atoms with Crippen molar-refractivity contribution in [3.8, 4) is 11.8 Å². The molecule has 1 aliphatic rings. The molecule has 20 heavy (non-hydrogen) atoms. The van der Waals surface area contributed by atoms with Crippen LogP contribution in [-0.2, 0) is 0 Å². The molecule has 0 bridgehead atoms. The van der Waals surface area contributed by atoms with Gasteiger partial charge < -0.3 is 4.74 Å². The number of halogens is 2. The zero-order valence-electron chi connectivity index (χ0n) is 11.5. The van der Waals surface area contributed by atoms with E-state index < -0.39 is 17.2 Å². The zero-order valence-corrected chi connectivity index (χ0v) is 11.5. The van der Waals surface area contributed by atoms with Crippen LogP contribution in [0.5, 0.6) is 5.75 Å². The summed E-state index contributed by atoms with van der Waals surface area (Å²) in [7, 11) is 0. The summed E-state index contributed by atoms with van der Waals surface area (Å²) in [6.45, 7) is 2.11. The molecule has 0 heterocycles. The smallest absolute Gasteiger partial charge is 0.165 e. The highest BCUT2D eigenvalue weighted by Gasteiger charge is 2.31. The van der Waals surface area contributed by atoms with Gasteiger partial charge in [0.15, 0.2) is 11.6 Å². The van der Waals surface area contributed by atoms with Crippen LogP contribution in [-0.4, -0.2) is 18.2 Å². The van der Waals surface area contributed by atoms with Gasteiger partial charge in [0.2, 0.25) is 0 Å². The molecule has 0 radical (unpaired) electrons. The van der Waals surface area contributed by atoms with Crippen molar-refractivity contribution in [1.82, 2.24) is 5.32 Å². The summed E-state index contributed by atoms with van der Waals surface area (Å²) in [5.74, 6) is -1.19. The van der Waals surface area contributed by atoms with Gasteiger partial charge in [-0.2, -0.15) is 5.26 Å². The normalized spacial score (nSPS) is 17.3. The maximum absolute atomic E-state index is 13.3. The van der Waals surface area contributed by atoms with Crippen molar-refractivity contribution >= 4 is 0 Å². The number of nitrogens with one attached hydrogen (secondary N) is 1. The van der Waals surface area contributed by atoms with Crippen LogP contribution in [0.4, 0.5) is 8.78 Å². The molecule has 2 rings (SSSR count). The van der Waals surface area contributed by atoms with Crippen molar-refractivity contribution in [2.45, 2.75) is 44.2 Å². The Kier molecular flexibility index (Phi) is 4.56. The second kappa shape index (κ2) is 6.19. The maximum Gasteiger partial charge on any atom is 0.165 e. The molecule has 3 nitrogen and oxygen atoms in total. The van der Waals surface area contributed by atoms with E-state index >= 15 is 0 Å². The van der Waals surface area contributed by atoms with Crippen molar-refractivity contribution < 1.29 is 13.5 Å². The van der Waals surface area contributed by atoms with Gasteiger partial charge in [-0.3, -0.25) is 5.32 Å². The summed E-state index contributed by atoms with van der Waals surface area (Å²) in [5, 5.41) is 12.5. The van der Waals surface area contributed by atoms with Gasteiger partial charge in [0.1, 0.15) is 11.4 Å². The number of rotatable bonds is 7. The van der Waals surface area contributed by atoms with E-state index in [-0.39, 0.29) is 12.4 Å². The minimum absolute atomic E-state index is 0.0844. The van der Waals surface area contributed by atoms with E-state index in [9.17, 15) is 14.0 Å². The number of hydrogen-bond acceptors (Lipinski definition) is 3. The molecule has 1 unspecified atom stereocenters. The lowest BCUT2D eigenvalue weighted by Crippen LogP contribution is -2.42. The van der Waals surface area contributed by atoms with Crippen LogP contribution < -0.4 is 10.1 Å². The van der Waals surface area contributed by atoms with Crippen LogP contribution in [0.15, 0.2) is 18.2 Å². The predicted octanol–water partition coefficient (Wildman–Crippen LogP) is 3.16. The molecular formula is C15H18F2N2O. The van der Waals surface area contributed by atoms with E-state index in [0.29, 0.717) is 18.9 Å². The average molecular weight is 280 g/mol. The van der Waals surface area contributed by atoms with Gasteiger partial charge in [0.05, 0.1) is 12.7 Å². The molecule has 108 valence electrons. The first-order chi connectivity index (χ1) is 9.52. The first-order valence-corrected chi connectivity index (χ1v) is 6.79. The molecule has 1 fully saturated rings. The van der Waals surface area contributed by atoms with Crippen LogP contribution in [0.3, 0.4) is 0 Å². The standard InChI is InChI=1S/C15H18F2N2O/c1-15(10-18,19-12-4-5-12)7-2-8-20-14-9-11(16)3-6-13(14)17/h3,6,9,12,19H,2,4-5,7-8H2,1H3. The summed E-state index contributed by atoms with van der Waals surface area (Å²) in [6.07, 6.45) is 3.43. The lowest BCUT2D eigenvalue weighted by atomic mass is 9.98. The first kappa shape index (κ1) is 14.7. The molecule has 0 aromatic heterocycles.